The predicted molar refractivity (Wildman–Crippen MR) is 71.9 cm³/mol. The summed E-state index contributed by atoms with van der Waals surface area (Å²) in [6.07, 6.45) is 9.81. The first-order chi connectivity index (χ1) is 8.15. The molecule has 17 heavy (non-hydrogen) atoms. The van der Waals surface area contributed by atoms with Crippen LogP contribution in [-0.2, 0) is 9.59 Å². The number of aldehydes is 2. The average molecular weight is 240 g/mol. The van der Waals surface area contributed by atoms with Crippen LogP contribution in [0.5, 0.6) is 0 Å². The van der Waals surface area contributed by atoms with Crippen molar-refractivity contribution >= 4 is 12.6 Å². The maximum atomic E-state index is 10.7. The Kier molecular flexibility index (Phi) is 10.1. The monoisotopic (exact) mass is 240 g/mol. The van der Waals surface area contributed by atoms with Crippen LogP contribution in [0, 0.1) is 17.8 Å². The Balaban J connectivity index is 4.09. The van der Waals surface area contributed by atoms with Crippen LogP contribution >= 0.6 is 0 Å². The standard InChI is InChI=1S/C15H28O2/c1-4-5-6-7-8-15(11-13(2)12-17)14(3)9-10-16/h10,12-15H,4-9,11H2,1-3H3. The zero-order chi connectivity index (χ0) is 13.1. The molecule has 0 heterocycles. The molecule has 0 amide bonds. The summed E-state index contributed by atoms with van der Waals surface area (Å²) in [7, 11) is 0. The van der Waals surface area contributed by atoms with Gasteiger partial charge in [-0.2, -0.15) is 0 Å². The van der Waals surface area contributed by atoms with E-state index in [4.69, 9.17) is 0 Å². The number of carbonyl (C=O) groups is 2. The average Bonchev–Trinajstić information content (AvgIpc) is 2.33. The lowest BCUT2D eigenvalue weighted by molar-refractivity contribution is -0.111. The van der Waals surface area contributed by atoms with Crippen LogP contribution in [0.2, 0.25) is 0 Å². The fraction of sp³-hybridized carbons (Fsp3) is 0.867. The van der Waals surface area contributed by atoms with Crippen LogP contribution < -0.4 is 0 Å². The lowest BCUT2D eigenvalue weighted by Gasteiger charge is -2.24. The van der Waals surface area contributed by atoms with Crippen molar-refractivity contribution in [3.63, 3.8) is 0 Å². The van der Waals surface area contributed by atoms with E-state index in [-0.39, 0.29) is 5.92 Å². The third-order valence-corrected chi connectivity index (χ3v) is 3.61. The summed E-state index contributed by atoms with van der Waals surface area (Å²) in [6.45, 7) is 6.32. The fourth-order valence-corrected chi connectivity index (χ4v) is 2.35. The van der Waals surface area contributed by atoms with Crippen LogP contribution in [0.3, 0.4) is 0 Å². The molecule has 0 rings (SSSR count). The molecule has 3 atom stereocenters. The first kappa shape index (κ1) is 16.3. The molecule has 0 aromatic rings. The largest absolute Gasteiger partial charge is 0.303 e. The molecule has 100 valence electrons. The number of rotatable bonds is 11. The molecular weight excluding hydrogens is 212 g/mol. The molecule has 0 fully saturated rings. The van der Waals surface area contributed by atoms with Crippen molar-refractivity contribution in [2.45, 2.75) is 65.7 Å². The van der Waals surface area contributed by atoms with Crippen LogP contribution in [0.15, 0.2) is 0 Å². The van der Waals surface area contributed by atoms with Gasteiger partial charge in [-0.3, -0.25) is 0 Å². The van der Waals surface area contributed by atoms with E-state index in [0.29, 0.717) is 18.3 Å². The molecular formula is C15H28O2. The van der Waals surface area contributed by atoms with Gasteiger partial charge < -0.3 is 9.59 Å². The molecule has 0 radical (unpaired) electrons. The lowest BCUT2D eigenvalue weighted by atomic mass is 9.81. The Bertz CT molecular complexity index is 201. The summed E-state index contributed by atoms with van der Waals surface area (Å²) in [5.41, 5.74) is 0. The maximum absolute atomic E-state index is 10.7. The van der Waals surface area contributed by atoms with E-state index in [1.807, 2.05) is 6.92 Å². The lowest BCUT2D eigenvalue weighted by Crippen LogP contribution is -2.16. The second kappa shape index (κ2) is 10.5. The highest BCUT2D eigenvalue weighted by molar-refractivity contribution is 5.52. The van der Waals surface area contributed by atoms with E-state index in [2.05, 4.69) is 13.8 Å². The molecule has 0 N–H and O–H groups in total. The van der Waals surface area contributed by atoms with Gasteiger partial charge >= 0.3 is 0 Å². The zero-order valence-electron chi connectivity index (χ0n) is 11.7. The van der Waals surface area contributed by atoms with E-state index in [1.54, 1.807) is 0 Å². The van der Waals surface area contributed by atoms with Gasteiger partial charge in [0.1, 0.15) is 12.6 Å². The summed E-state index contributed by atoms with van der Waals surface area (Å²) in [4.78, 5) is 21.3. The zero-order valence-corrected chi connectivity index (χ0v) is 11.7. The van der Waals surface area contributed by atoms with Crippen molar-refractivity contribution in [3.05, 3.63) is 0 Å². The van der Waals surface area contributed by atoms with E-state index in [9.17, 15) is 9.59 Å². The van der Waals surface area contributed by atoms with Gasteiger partial charge in [-0.25, -0.2) is 0 Å². The number of hydrogen-bond acceptors (Lipinski definition) is 2. The molecule has 0 saturated carbocycles. The number of carbonyl (C=O) groups excluding carboxylic acids is 2. The molecule has 0 spiro atoms. The van der Waals surface area contributed by atoms with Gasteiger partial charge in [0.2, 0.25) is 0 Å². The van der Waals surface area contributed by atoms with Crippen molar-refractivity contribution in [2.75, 3.05) is 0 Å². The molecule has 0 aromatic carbocycles. The molecule has 0 aromatic heterocycles. The molecule has 0 aliphatic heterocycles. The third-order valence-electron chi connectivity index (χ3n) is 3.61. The number of unbranched alkanes of at least 4 members (excludes halogenated alkanes) is 3. The Morgan fingerprint density at radius 3 is 2.29 bits per heavy atom. The molecule has 0 saturated heterocycles. The van der Waals surface area contributed by atoms with Crippen molar-refractivity contribution in [3.8, 4) is 0 Å². The second-order valence-electron chi connectivity index (χ2n) is 5.34. The summed E-state index contributed by atoms with van der Waals surface area (Å²) >= 11 is 0. The summed E-state index contributed by atoms with van der Waals surface area (Å²) < 4.78 is 0. The summed E-state index contributed by atoms with van der Waals surface area (Å²) in [5.74, 6) is 1.06. The minimum atomic E-state index is 0.125. The van der Waals surface area contributed by atoms with E-state index in [1.165, 1.54) is 25.7 Å². The minimum Gasteiger partial charge on any atom is -0.303 e. The second-order valence-corrected chi connectivity index (χ2v) is 5.34. The third kappa shape index (κ3) is 8.12. The van der Waals surface area contributed by atoms with Crippen molar-refractivity contribution < 1.29 is 9.59 Å². The first-order valence-electron chi connectivity index (χ1n) is 7.04. The maximum Gasteiger partial charge on any atom is 0.122 e. The van der Waals surface area contributed by atoms with Gasteiger partial charge in [-0.05, 0) is 18.3 Å². The molecule has 3 unspecified atom stereocenters. The van der Waals surface area contributed by atoms with Gasteiger partial charge in [-0.15, -0.1) is 0 Å². The van der Waals surface area contributed by atoms with Crippen LogP contribution in [-0.4, -0.2) is 12.6 Å². The fourth-order valence-electron chi connectivity index (χ4n) is 2.35. The van der Waals surface area contributed by atoms with Gasteiger partial charge in [-0.1, -0.05) is 52.9 Å². The Morgan fingerprint density at radius 1 is 1.06 bits per heavy atom. The Morgan fingerprint density at radius 2 is 1.76 bits per heavy atom. The highest BCUT2D eigenvalue weighted by atomic mass is 16.1. The van der Waals surface area contributed by atoms with Gasteiger partial charge in [0.15, 0.2) is 0 Å². The van der Waals surface area contributed by atoms with Crippen LogP contribution in [0.1, 0.15) is 65.7 Å². The van der Waals surface area contributed by atoms with E-state index < -0.39 is 0 Å². The van der Waals surface area contributed by atoms with Gasteiger partial charge in [0, 0.05) is 12.3 Å². The van der Waals surface area contributed by atoms with E-state index >= 15 is 0 Å². The van der Waals surface area contributed by atoms with Gasteiger partial charge in [0.25, 0.3) is 0 Å². The highest BCUT2D eigenvalue weighted by Gasteiger charge is 2.19. The molecule has 0 bridgehead atoms. The minimum absolute atomic E-state index is 0.125. The SMILES string of the molecule is CCCCCCC(CC(C)C=O)C(C)CC=O. The summed E-state index contributed by atoms with van der Waals surface area (Å²) in [5, 5.41) is 0. The first-order valence-corrected chi connectivity index (χ1v) is 7.04. The van der Waals surface area contributed by atoms with Crippen molar-refractivity contribution in [1.82, 2.24) is 0 Å². The Hall–Kier alpha value is -0.660. The number of hydrogen-bond donors (Lipinski definition) is 0. The van der Waals surface area contributed by atoms with E-state index in [0.717, 1.165) is 25.4 Å². The summed E-state index contributed by atoms with van der Waals surface area (Å²) in [6, 6.07) is 0. The normalized spacial score (nSPS) is 16.2. The molecule has 2 heteroatoms. The Labute approximate surface area is 106 Å². The molecule has 2 nitrogen and oxygen atoms in total. The quantitative estimate of drug-likeness (QED) is 0.404. The van der Waals surface area contributed by atoms with Crippen molar-refractivity contribution in [2.24, 2.45) is 17.8 Å². The van der Waals surface area contributed by atoms with Crippen LogP contribution in [0.4, 0.5) is 0 Å². The molecule has 0 aliphatic carbocycles. The predicted octanol–water partition coefficient (Wildman–Crippen LogP) is 4.02. The molecule has 0 aliphatic rings. The van der Waals surface area contributed by atoms with Crippen molar-refractivity contribution in [1.29, 1.82) is 0 Å². The highest BCUT2D eigenvalue weighted by Crippen LogP contribution is 2.27. The van der Waals surface area contributed by atoms with Crippen LogP contribution in [0.25, 0.3) is 0 Å². The van der Waals surface area contributed by atoms with Gasteiger partial charge in [0.05, 0.1) is 0 Å². The smallest absolute Gasteiger partial charge is 0.122 e. The topological polar surface area (TPSA) is 34.1 Å².